The summed E-state index contributed by atoms with van der Waals surface area (Å²) in [5, 5.41) is 0. The minimum Gasteiger partial charge on any atom is -0.378 e. The number of carbonyl (C=O) groups excluding carboxylic acids is 1. The fourth-order valence-corrected chi connectivity index (χ4v) is 3.67. The van der Waals surface area contributed by atoms with Crippen LogP contribution in [0.15, 0.2) is 17.2 Å². The van der Waals surface area contributed by atoms with Crippen LogP contribution in [-0.4, -0.2) is 46.2 Å². The summed E-state index contributed by atoms with van der Waals surface area (Å²) in [5.74, 6) is 0.905. The highest BCUT2D eigenvalue weighted by Crippen LogP contribution is 2.22. The van der Waals surface area contributed by atoms with Gasteiger partial charge in [-0.3, -0.25) is 14.2 Å². The number of aromatic nitrogens is 2. The summed E-state index contributed by atoms with van der Waals surface area (Å²) >= 11 is 0. The highest BCUT2D eigenvalue weighted by atomic mass is 16.5. The Balaban J connectivity index is 1.49. The van der Waals surface area contributed by atoms with Crippen LogP contribution < -0.4 is 5.56 Å². The van der Waals surface area contributed by atoms with E-state index < -0.39 is 0 Å². The van der Waals surface area contributed by atoms with Gasteiger partial charge in [-0.05, 0) is 37.5 Å². The zero-order valence-corrected chi connectivity index (χ0v) is 15.3. The molecule has 0 aliphatic carbocycles. The van der Waals surface area contributed by atoms with Crippen LogP contribution in [-0.2, 0) is 16.1 Å². The molecular weight excluding hydrogens is 318 g/mol. The van der Waals surface area contributed by atoms with Gasteiger partial charge in [0.05, 0.1) is 24.5 Å². The first-order valence-electron chi connectivity index (χ1n) is 9.48. The molecule has 6 heteroatoms. The molecule has 3 heterocycles. The van der Waals surface area contributed by atoms with E-state index in [1.807, 2.05) is 18.7 Å². The second kappa shape index (κ2) is 8.13. The van der Waals surface area contributed by atoms with Crippen LogP contribution >= 0.6 is 0 Å². The van der Waals surface area contributed by atoms with Crippen LogP contribution in [0.2, 0.25) is 0 Å². The first kappa shape index (κ1) is 18.1. The molecule has 0 bridgehead atoms. The Morgan fingerprint density at radius 3 is 2.68 bits per heavy atom. The second-order valence-corrected chi connectivity index (χ2v) is 7.62. The Morgan fingerprint density at radius 2 is 2.08 bits per heavy atom. The van der Waals surface area contributed by atoms with E-state index >= 15 is 0 Å². The van der Waals surface area contributed by atoms with E-state index in [9.17, 15) is 9.59 Å². The molecule has 1 unspecified atom stereocenters. The van der Waals surface area contributed by atoms with E-state index in [4.69, 9.17) is 4.74 Å². The van der Waals surface area contributed by atoms with Crippen molar-refractivity contribution < 1.29 is 9.53 Å². The standard InChI is InChI=1S/C19H29N3O3/c1-14(2)17-11-19(24)22(13-20-17)12-15-5-7-21(8-6-15)18(23)10-16-4-3-9-25-16/h11,13-16H,3-10,12H2,1-2H3. The Morgan fingerprint density at radius 1 is 1.32 bits per heavy atom. The molecular formula is C19H29N3O3. The average molecular weight is 347 g/mol. The van der Waals surface area contributed by atoms with Crippen LogP contribution in [0.5, 0.6) is 0 Å². The second-order valence-electron chi connectivity index (χ2n) is 7.62. The number of piperidine rings is 1. The topological polar surface area (TPSA) is 64.4 Å². The van der Waals surface area contributed by atoms with Crippen molar-refractivity contribution in [3.05, 3.63) is 28.4 Å². The van der Waals surface area contributed by atoms with Crippen LogP contribution in [0.25, 0.3) is 0 Å². The molecule has 138 valence electrons. The van der Waals surface area contributed by atoms with Gasteiger partial charge in [-0.15, -0.1) is 0 Å². The fraction of sp³-hybridized carbons (Fsp3) is 0.737. The average Bonchev–Trinajstić information content (AvgIpc) is 3.10. The number of nitrogens with zero attached hydrogens (tertiary/aromatic N) is 3. The van der Waals surface area contributed by atoms with Gasteiger partial charge in [-0.2, -0.15) is 0 Å². The summed E-state index contributed by atoms with van der Waals surface area (Å²) in [7, 11) is 0. The summed E-state index contributed by atoms with van der Waals surface area (Å²) in [4.78, 5) is 30.9. The van der Waals surface area contributed by atoms with Gasteiger partial charge in [0, 0.05) is 32.3 Å². The van der Waals surface area contributed by atoms with E-state index in [1.54, 1.807) is 17.0 Å². The van der Waals surface area contributed by atoms with Crippen molar-refractivity contribution in [2.75, 3.05) is 19.7 Å². The lowest BCUT2D eigenvalue weighted by molar-refractivity contribution is -0.134. The minimum absolute atomic E-state index is 0.0237. The summed E-state index contributed by atoms with van der Waals surface area (Å²) in [5.41, 5.74) is 0.867. The van der Waals surface area contributed by atoms with Crippen molar-refractivity contribution in [2.24, 2.45) is 5.92 Å². The van der Waals surface area contributed by atoms with Crippen LogP contribution in [0, 0.1) is 5.92 Å². The molecule has 0 aromatic carbocycles. The molecule has 25 heavy (non-hydrogen) atoms. The van der Waals surface area contributed by atoms with Crippen LogP contribution in [0.4, 0.5) is 0 Å². The predicted octanol–water partition coefficient (Wildman–Crippen LogP) is 2.17. The molecule has 0 spiro atoms. The molecule has 1 amide bonds. The maximum Gasteiger partial charge on any atom is 0.253 e. The number of carbonyl (C=O) groups is 1. The van der Waals surface area contributed by atoms with Crippen molar-refractivity contribution in [3.63, 3.8) is 0 Å². The van der Waals surface area contributed by atoms with Crippen molar-refractivity contribution in [3.8, 4) is 0 Å². The number of hydrogen-bond donors (Lipinski definition) is 0. The molecule has 2 aliphatic heterocycles. The largest absolute Gasteiger partial charge is 0.378 e. The highest BCUT2D eigenvalue weighted by Gasteiger charge is 2.26. The van der Waals surface area contributed by atoms with Crippen molar-refractivity contribution in [2.45, 2.75) is 64.5 Å². The summed E-state index contributed by atoms with van der Waals surface area (Å²) in [6, 6.07) is 1.64. The van der Waals surface area contributed by atoms with E-state index in [1.165, 1.54) is 0 Å². The maximum absolute atomic E-state index is 12.4. The molecule has 2 saturated heterocycles. The number of rotatable bonds is 5. The molecule has 0 N–H and O–H groups in total. The molecule has 6 nitrogen and oxygen atoms in total. The lowest BCUT2D eigenvalue weighted by Gasteiger charge is -2.32. The number of ether oxygens (including phenoxy) is 1. The molecule has 3 rings (SSSR count). The molecule has 2 fully saturated rings. The zero-order chi connectivity index (χ0) is 17.8. The van der Waals surface area contributed by atoms with Crippen molar-refractivity contribution >= 4 is 5.91 Å². The monoisotopic (exact) mass is 347 g/mol. The van der Waals surface area contributed by atoms with Crippen LogP contribution in [0.1, 0.15) is 57.6 Å². The third-order valence-electron chi connectivity index (χ3n) is 5.34. The molecule has 1 aromatic rings. The first-order valence-corrected chi connectivity index (χ1v) is 9.48. The minimum atomic E-state index is 0.0237. The molecule has 1 aromatic heterocycles. The molecule has 2 aliphatic rings. The van der Waals surface area contributed by atoms with E-state index in [-0.39, 0.29) is 23.5 Å². The summed E-state index contributed by atoms with van der Waals surface area (Å²) in [6.45, 7) is 7.12. The summed E-state index contributed by atoms with van der Waals surface area (Å²) < 4.78 is 7.27. The van der Waals surface area contributed by atoms with Gasteiger partial charge in [-0.1, -0.05) is 13.8 Å². The van der Waals surface area contributed by atoms with Gasteiger partial charge < -0.3 is 9.64 Å². The number of likely N-dealkylation sites (tertiary alicyclic amines) is 1. The van der Waals surface area contributed by atoms with Gasteiger partial charge in [0.15, 0.2) is 0 Å². The highest BCUT2D eigenvalue weighted by molar-refractivity contribution is 5.76. The van der Waals surface area contributed by atoms with Crippen molar-refractivity contribution in [1.82, 2.24) is 14.5 Å². The van der Waals surface area contributed by atoms with E-state index in [0.717, 1.165) is 51.1 Å². The Kier molecular flexibility index (Phi) is 5.89. The van der Waals surface area contributed by atoms with Gasteiger partial charge in [-0.25, -0.2) is 4.98 Å². The summed E-state index contributed by atoms with van der Waals surface area (Å²) in [6.07, 6.45) is 6.26. The number of hydrogen-bond acceptors (Lipinski definition) is 4. The Hall–Kier alpha value is -1.69. The Bertz CT molecular complexity index is 642. The quantitative estimate of drug-likeness (QED) is 0.819. The third kappa shape index (κ3) is 4.69. The smallest absolute Gasteiger partial charge is 0.253 e. The SMILES string of the molecule is CC(C)c1cc(=O)n(CC2CCN(C(=O)CC3CCCO3)CC2)cn1. The van der Waals surface area contributed by atoms with E-state index in [2.05, 4.69) is 4.98 Å². The predicted molar refractivity (Wildman–Crippen MR) is 95.5 cm³/mol. The fourth-order valence-electron chi connectivity index (χ4n) is 3.67. The zero-order valence-electron chi connectivity index (χ0n) is 15.3. The Labute approximate surface area is 149 Å². The molecule has 1 atom stereocenters. The lowest BCUT2D eigenvalue weighted by Crippen LogP contribution is -2.41. The lowest BCUT2D eigenvalue weighted by atomic mass is 9.96. The first-order chi connectivity index (χ1) is 12.0. The third-order valence-corrected chi connectivity index (χ3v) is 5.34. The van der Waals surface area contributed by atoms with Crippen LogP contribution in [0.3, 0.4) is 0 Å². The molecule has 0 saturated carbocycles. The molecule has 0 radical (unpaired) electrons. The normalized spacial score (nSPS) is 21.9. The van der Waals surface area contributed by atoms with E-state index in [0.29, 0.717) is 18.9 Å². The maximum atomic E-state index is 12.4. The van der Waals surface area contributed by atoms with Gasteiger partial charge in [0.25, 0.3) is 5.56 Å². The van der Waals surface area contributed by atoms with Gasteiger partial charge in [0.1, 0.15) is 0 Å². The van der Waals surface area contributed by atoms with Crippen molar-refractivity contribution in [1.29, 1.82) is 0 Å². The van der Waals surface area contributed by atoms with Gasteiger partial charge in [0.2, 0.25) is 5.91 Å². The van der Waals surface area contributed by atoms with Gasteiger partial charge >= 0.3 is 0 Å². The number of amides is 1.